The summed E-state index contributed by atoms with van der Waals surface area (Å²) in [5.41, 5.74) is 1.92. The number of pyridine rings is 1. The van der Waals surface area contributed by atoms with Crippen molar-refractivity contribution in [1.82, 2.24) is 9.88 Å². The molecule has 3 heterocycles. The summed E-state index contributed by atoms with van der Waals surface area (Å²) in [5.74, 6) is 0.554. The van der Waals surface area contributed by atoms with Gasteiger partial charge in [-0.1, -0.05) is 30.3 Å². The first-order valence-corrected chi connectivity index (χ1v) is 7.50. The number of likely N-dealkylation sites (tertiary alicyclic amines) is 1. The third-order valence-electron chi connectivity index (χ3n) is 4.45. The quantitative estimate of drug-likeness (QED) is 0.788. The summed E-state index contributed by atoms with van der Waals surface area (Å²) in [6.07, 6.45) is 4.49. The molecule has 1 amide bonds. The molecule has 6 nitrogen and oxygen atoms in total. The zero-order valence-electron chi connectivity index (χ0n) is 12.4. The molecule has 23 heavy (non-hydrogen) atoms. The summed E-state index contributed by atoms with van der Waals surface area (Å²) < 4.78 is 0. The Kier molecular flexibility index (Phi) is 2.95. The fourth-order valence-corrected chi connectivity index (χ4v) is 3.16. The van der Waals surface area contributed by atoms with Crippen LogP contribution in [0, 0.1) is 11.5 Å². The van der Waals surface area contributed by atoms with E-state index in [0.717, 1.165) is 11.1 Å². The maximum atomic E-state index is 12.6. The van der Waals surface area contributed by atoms with Crippen LogP contribution in [0.15, 0.2) is 42.6 Å². The fourth-order valence-electron chi connectivity index (χ4n) is 3.16. The molecule has 1 unspecified atom stereocenters. The van der Waals surface area contributed by atoms with Crippen LogP contribution in [0.4, 0.5) is 11.5 Å². The van der Waals surface area contributed by atoms with Gasteiger partial charge in [0.2, 0.25) is 0 Å². The minimum atomic E-state index is -0.760. The number of nitrogens with one attached hydrogen (secondary N) is 2. The van der Waals surface area contributed by atoms with E-state index < -0.39 is 5.54 Å². The topological polar surface area (TPSA) is 81.1 Å². The fraction of sp³-hybridized carbons (Fsp3) is 0.235. The highest BCUT2D eigenvalue weighted by molar-refractivity contribution is 6.06. The lowest BCUT2D eigenvalue weighted by Crippen LogP contribution is -2.54. The summed E-state index contributed by atoms with van der Waals surface area (Å²) >= 11 is 0. The predicted octanol–water partition coefficient (Wildman–Crippen LogP) is 2.04. The van der Waals surface area contributed by atoms with Crippen molar-refractivity contribution < 1.29 is 4.79 Å². The van der Waals surface area contributed by atoms with Crippen molar-refractivity contribution >= 4 is 17.4 Å². The molecule has 114 valence electrons. The van der Waals surface area contributed by atoms with Gasteiger partial charge in [0.05, 0.1) is 12.2 Å². The molecule has 1 aromatic carbocycles. The average molecular weight is 305 g/mol. The molecule has 1 aromatic heterocycles. The summed E-state index contributed by atoms with van der Waals surface area (Å²) in [4.78, 5) is 18.6. The second-order valence-electron chi connectivity index (χ2n) is 5.92. The van der Waals surface area contributed by atoms with E-state index in [1.54, 1.807) is 11.1 Å². The van der Waals surface area contributed by atoms with Gasteiger partial charge in [-0.05, 0) is 18.1 Å². The third kappa shape index (κ3) is 2.18. The highest BCUT2D eigenvalue weighted by Crippen LogP contribution is 2.36. The van der Waals surface area contributed by atoms with Crippen LogP contribution in [0.2, 0.25) is 0 Å². The molecule has 4 rings (SSSR count). The van der Waals surface area contributed by atoms with E-state index in [2.05, 4.69) is 21.8 Å². The molecule has 0 aliphatic carbocycles. The number of carbonyl (C=O) groups excluding carboxylic acids is 1. The van der Waals surface area contributed by atoms with Crippen LogP contribution < -0.4 is 10.6 Å². The number of fused-ring (bicyclic) bond motifs is 1. The van der Waals surface area contributed by atoms with Crippen LogP contribution in [-0.4, -0.2) is 34.4 Å². The molecular formula is C17H15N5O. The number of hydrogen-bond acceptors (Lipinski definition) is 5. The molecule has 0 saturated carbocycles. The van der Waals surface area contributed by atoms with E-state index >= 15 is 0 Å². The molecule has 0 bridgehead atoms. The van der Waals surface area contributed by atoms with Gasteiger partial charge < -0.3 is 15.5 Å². The van der Waals surface area contributed by atoms with Crippen LogP contribution in [0.5, 0.6) is 0 Å². The van der Waals surface area contributed by atoms with Crippen molar-refractivity contribution in [3.63, 3.8) is 0 Å². The molecule has 2 aliphatic heterocycles. The van der Waals surface area contributed by atoms with Crippen molar-refractivity contribution in [3.8, 4) is 17.3 Å². The Labute approximate surface area is 133 Å². The smallest absolute Gasteiger partial charge is 0.252 e. The number of aromatic nitrogens is 1. The Morgan fingerprint density at radius 1 is 1.26 bits per heavy atom. The van der Waals surface area contributed by atoms with Gasteiger partial charge in [-0.15, -0.1) is 0 Å². The van der Waals surface area contributed by atoms with E-state index in [9.17, 15) is 4.79 Å². The highest BCUT2D eigenvalue weighted by atomic mass is 16.2. The van der Waals surface area contributed by atoms with Gasteiger partial charge in [-0.3, -0.25) is 4.79 Å². The van der Waals surface area contributed by atoms with Crippen molar-refractivity contribution in [3.05, 3.63) is 42.6 Å². The van der Waals surface area contributed by atoms with Crippen LogP contribution in [0.25, 0.3) is 11.1 Å². The number of hydrogen-bond donors (Lipinski definition) is 2. The van der Waals surface area contributed by atoms with Crippen molar-refractivity contribution in [2.45, 2.75) is 12.0 Å². The summed E-state index contributed by atoms with van der Waals surface area (Å²) in [7, 11) is 0. The van der Waals surface area contributed by atoms with Gasteiger partial charge in [0, 0.05) is 18.3 Å². The minimum absolute atomic E-state index is 0.102. The Hall–Kier alpha value is -3.07. The lowest BCUT2D eigenvalue weighted by Gasteiger charge is -2.34. The summed E-state index contributed by atoms with van der Waals surface area (Å²) in [6, 6.07) is 11.8. The largest absolute Gasteiger partial charge is 0.353 e. The van der Waals surface area contributed by atoms with Crippen LogP contribution in [0.3, 0.4) is 0 Å². The van der Waals surface area contributed by atoms with Crippen molar-refractivity contribution in [2.75, 3.05) is 23.7 Å². The molecule has 2 aromatic rings. The van der Waals surface area contributed by atoms with Crippen LogP contribution >= 0.6 is 0 Å². The van der Waals surface area contributed by atoms with Gasteiger partial charge >= 0.3 is 0 Å². The Balaban J connectivity index is 1.67. The molecule has 1 saturated heterocycles. The SMILES string of the molecule is N#CN1CCC2(C1)Nc1ncc(-c3ccccc3)cc1NC2=O. The van der Waals surface area contributed by atoms with Gasteiger partial charge in [0.1, 0.15) is 5.54 Å². The second kappa shape index (κ2) is 4.99. The molecule has 2 N–H and O–H groups in total. The normalized spacial score (nSPS) is 22.2. The molecule has 6 heteroatoms. The molecule has 1 atom stereocenters. The molecule has 1 fully saturated rings. The Morgan fingerprint density at radius 3 is 2.83 bits per heavy atom. The second-order valence-corrected chi connectivity index (χ2v) is 5.92. The molecule has 1 spiro atoms. The number of nitriles is 1. The number of amides is 1. The number of carbonyl (C=O) groups is 1. The van der Waals surface area contributed by atoms with Crippen molar-refractivity contribution in [2.24, 2.45) is 0 Å². The average Bonchev–Trinajstić information content (AvgIpc) is 3.01. The number of benzene rings is 1. The standard InChI is InChI=1S/C17H15N5O/c18-11-22-7-6-17(10-22)16(23)20-14-8-13(9-19-15(14)21-17)12-4-2-1-3-5-12/h1-5,8-9H,6-7,10H2,(H,19,21)(H,20,23). The van der Waals surface area contributed by atoms with E-state index in [-0.39, 0.29) is 5.91 Å². The molecule has 0 radical (unpaired) electrons. The zero-order valence-corrected chi connectivity index (χ0v) is 12.4. The van der Waals surface area contributed by atoms with Gasteiger partial charge in [-0.2, -0.15) is 5.26 Å². The van der Waals surface area contributed by atoms with Gasteiger partial charge in [0.15, 0.2) is 12.0 Å². The summed E-state index contributed by atoms with van der Waals surface area (Å²) in [6.45, 7) is 0.950. The van der Waals surface area contributed by atoms with Crippen molar-refractivity contribution in [1.29, 1.82) is 5.26 Å². The third-order valence-corrected chi connectivity index (χ3v) is 4.45. The first-order valence-electron chi connectivity index (χ1n) is 7.50. The number of anilines is 2. The first kappa shape index (κ1) is 13.6. The van der Waals surface area contributed by atoms with E-state index in [1.165, 1.54) is 0 Å². The minimum Gasteiger partial charge on any atom is -0.353 e. The number of nitrogens with zero attached hydrogens (tertiary/aromatic N) is 3. The molecule has 2 aliphatic rings. The Bertz CT molecular complexity index is 813. The first-order chi connectivity index (χ1) is 11.2. The Morgan fingerprint density at radius 2 is 2.09 bits per heavy atom. The van der Waals surface area contributed by atoms with Gasteiger partial charge in [0.25, 0.3) is 5.91 Å². The van der Waals surface area contributed by atoms with Crippen LogP contribution in [-0.2, 0) is 4.79 Å². The van der Waals surface area contributed by atoms with E-state index in [4.69, 9.17) is 5.26 Å². The molecular weight excluding hydrogens is 290 g/mol. The maximum absolute atomic E-state index is 12.6. The number of rotatable bonds is 1. The highest BCUT2D eigenvalue weighted by Gasteiger charge is 2.47. The lowest BCUT2D eigenvalue weighted by molar-refractivity contribution is -0.120. The van der Waals surface area contributed by atoms with E-state index in [1.807, 2.05) is 36.4 Å². The lowest BCUT2D eigenvalue weighted by atomic mass is 9.94. The van der Waals surface area contributed by atoms with Crippen LogP contribution in [0.1, 0.15) is 6.42 Å². The summed E-state index contributed by atoms with van der Waals surface area (Å²) in [5, 5.41) is 15.2. The van der Waals surface area contributed by atoms with E-state index in [0.29, 0.717) is 31.0 Å². The maximum Gasteiger partial charge on any atom is 0.252 e. The monoisotopic (exact) mass is 305 g/mol. The zero-order chi connectivity index (χ0) is 15.9. The van der Waals surface area contributed by atoms with Gasteiger partial charge in [-0.25, -0.2) is 4.98 Å². The predicted molar refractivity (Wildman–Crippen MR) is 86.5 cm³/mol.